The predicted molar refractivity (Wildman–Crippen MR) is 112 cm³/mol. The van der Waals surface area contributed by atoms with Gasteiger partial charge in [-0.15, -0.1) is 5.10 Å². The van der Waals surface area contributed by atoms with Crippen LogP contribution in [0.5, 0.6) is 0 Å². The summed E-state index contributed by atoms with van der Waals surface area (Å²) in [5, 5.41) is 10.9. The van der Waals surface area contributed by atoms with Gasteiger partial charge in [-0.25, -0.2) is 13.5 Å². The second-order valence-corrected chi connectivity index (χ2v) is 7.19. The van der Waals surface area contributed by atoms with Crippen molar-refractivity contribution in [1.29, 1.82) is 0 Å². The van der Waals surface area contributed by atoms with Crippen molar-refractivity contribution in [3.63, 3.8) is 0 Å². The number of aryl methyl sites for hydroxylation is 1. The quantitative estimate of drug-likeness (QED) is 0.497. The zero-order valence-electron chi connectivity index (χ0n) is 16.3. The van der Waals surface area contributed by atoms with Crippen LogP contribution in [0.4, 0.5) is 8.78 Å². The third-order valence-corrected chi connectivity index (χ3v) is 4.91. The monoisotopic (exact) mass is 439 g/mol. The highest BCUT2D eigenvalue weighted by molar-refractivity contribution is 6.30. The first-order valence-corrected chi connectivity index (χ1v) is 9.67. The molecular weight excluding hydrogens is 424 g/mol. The smallest absolute Gasteiger partial charge is 0.274 e. The Balaban J connectivity index is 1.70. The fourth-order valence-electron chi connectivity index (χ4n) is 3.02. The van der Waals surface area contributed by atoms with Gasteiger partial charge in [0.25, 0.3) is 5.91 Å². The Labute approximate surface area is 181 Å². The molecule has 1 N–H and O–H groups in total. The Morgan fingerprint density at radius 3 is 2.61 bits per heavy atom. The van der Waals surface area contributed by atoms with Gasteiger partial charge in [0, 0.05) is 12.7 Å². The van der Waals surface area contributed by atoms with Crippen LogP contribution in [-0.2, 0) is 6.54 Å². The summed E-state index contributed by atoms with van der Waals surface area (Å²) in [5.74, 6) is -1.38. The first-order valence-electron chi connectivity index (χ1n) is 9.30. The van der Waals surface area contributed by atoms with E-state index < -0.39 is 11.7 Å². The van der Waals surface area contributed by atoms with Crippen molar-refractivity contribution >= 4 is 17.5 Å². The van der Waals surface area contributed by atoms with Gasteiger partial charge in [-0.05, 0) is 60.5 Å². The topological polar surface area (TPSA) is 72.7 Å². The van der Waals surface area contributed by atoms with Gasteiger partial charge < -0.3 is 5.32 Å². The van der Waals surface area contributed by atoms with Crippen molar-refractivity contribution in [2.45, 2.75) is 13.5 Å². The van der Waals surface area contributed by atoms with Crippen LogP contribution in [0.1, 0.15) is 21.6 Å². The van der Waals surface area contributed by atoms with Gasteiger partial charge >= 0.3 is 0 Å². The fourth-order valence-corrected chi connectivity index (χ4v) is 3.23. The molecule has 0 aliphatic heterocycles. The van der Waals surface area contributed by atoms with E-state index in [4.69, 9.17) is 11.6 Å². The van der Waals surface area contributed by atoms with Gasteiger partial charge in [0.1, 0.15) is 17.3 Å². The van der Waals surface area contributed by atoms with E-state index in [1.807, 2.05) is 0 Å². The molecule has 0 atom stereocenters. The highest BCUT2D eigenvalue weighted by Crippen LogP contribution is 2.25. The first kappa shape index (κ1) is 20.6. The van der Waals surface area contributed by atoms with Gasteiger partial charge in [-0.2, -0.15) is 0 Å². The minimum absolute atomic E-state index is 0.0291. The molecular formula is C22H16ClF2N5O. The van der Waals surface area contributed by atoms with Crippen LogP contribution in [0, 0.1) is 18.6 Å². The molecule has 0 aliphatic carbocycles. The van der Waals surface area contributed by atoms with E-state index in [2.05, 4.69) is 20.6 Å². The lowest BCUT2D eigenvalue weighted by Gasteiger charge is -2.09. The molecule has 4 aromatic rings. The van der Waals surface area contributed by atoms with E-state index >= 15 is 0 Å². The van der Waals surface area contributed by atoms with Gasteiger partial charge in [0.15, 0.2) is 5.69 Å². The minimum atomic E-state index is -0.535. The Kier molecular flexibility index (Phi) is 5.73. The van der Waals surface area contributed by atoms with Gasteiger partial charge in [-0.3, -0.25) is 9.78 Å². The van der Waals surface area contributed by atoms with Crippen molar-refractivity contribution in [3.8, 4) is 17.1 Å². The summed E-state index contributed by atoms with van der Waals surface area (Å²) in [6.45, 7) is 1.75. The van der Waals surface area contributed by atoms with Crippen molar-refractivity contribution in [2.24, 2.45) is 0 Å². The van der Waals surface area contributed by atoms with E-state index in [0.717, 1.165) is 0 Å². The molecule has 2 aromatic heterocycles. The normalized spacial score (nSPS) is 10.8. The number of pyridine rings is 1. The van der Waals surface area contributed by atoms with E-state index in [1.165, 1.54) is 28.9 Å². The lowest BCUT2D eigenvalue weighted by molar-refractivity contribution is 0.0946. The first-order chi connectivity index (χ1) is 14.9. The van der Waals surface area contributed by atoms with Crippen molar-refractivity contribution in [1.82, 2.24) is 25.3 Å². The number of carbonyl (C=O) groups excluding carboxylic acids is 1. The number of nitrogens with zero attached hydrogens (tertiary/aromatic N) is 4. The van der Waals surface area contributed by atoms with Crippen molar-refractivity contribution in [3.05, 3.63) is 94.3 Å². The van der Waals surface area contributed by atoms with Crippen molar-refractivity contribution < 1.29 is 13.6 Å². The highest BCUT2D eigenvalue weighted by atomic mass is 35.5. The second-order valence-electron chi connectivity index (χ2n) is 6.78. The summed E-state index contributed by atoms with van der Waals surface area (Å²) >= 11 is 5.80. The number of carbonyl (C=O) groups is 1. The second kappa shape index (κ2) is 8.61. The molecule has 31 heavy (non-hydrogen) atoms. The molecule has 0 radical (unpaired) electrons. The lowest BCUT2D eigenvalue weighted by atomic mass is 10.1. The van der Waals surface area contributed by atoms with Gasteiger partial charge in [0.05, 0.1) is 16.4 Å². The third-order valence-electron chi connectivity index (χ3n) is 4.62. The van der Waals surface area contributed by atoms with Crippen LogP contribution in [0.3, 0.4) is 0 Å². The average molecular weight is 440 g/mol. The molecule has 0 unspecified atom stereocenters. The van der Waals surface area contributed by atoms with Crippen LogP contribution in [-0.4, -0.2) is 25.9 Å². The average Bonchev–Trinajstić information content (AvgIpc) is 3.22. The van der Waals surface area contributed by atoms with Crippen LogP contribution in [0.15, 0.2) is 60.8 Å². The molecule has 2 aromatic carbocycles. The van der Waals surface area contributed by atoms with E-state index in [1.54, 1.807) is 43.5 Å². The van der Waals surface area contributed by atoms with E-state index in [-0.39, 0.29) is 23.1 Å². The molecule has 9 heteroatoms. The molecule has 0 saturated carbocycles. The molecule has 156 valence electrons. The zero-order chi connectivity index (χ0) is 22.0. The lowest BCUT2D eigenvalue weighted by Crippen LogP contribution is -2.24. The number of amides is 1. The van der Waals surface area contributed by atoms with Crippen LogP contribution < -0.4 is 5.32 Å². The van der Waals surface area contributed by atoms with Gasteiger partial charge in [-0.1, -0.05) is 28.9 Å². The number of halogens is 3. The Morgan fingerprint density at radius 1 is 1.10 bits per heavy atom. The maximum Gasteiger partial charge on any atom is 0.274 e. The van der Waals surface area contributed by atoms with Crippen LogP contribution >= 0.6 is 11.6 Å². The van der Waals surface area contributed by atoms with Crippen molar-refractivity contribution in [2.75, 3.05) is 0 Å². The van der Waals surface area contributed by atoms with Gasteiger partial charge in [0.2, 0.25) is 0 Å². The highest BCUT2D eigenvalue weighted by Gasteiger charge is 2.23. The Morgan fingerprint density at radius 2 is 1.90 bits per heavy atom. The predicted octanol–water partition coefficient (Wildman–Crippen LogP) is 4.50. The molecule has 0 fully saturated rings. The van der Waals surface area contributed by atoms with Crippen LogP contribution in [0.2, 0.25) is 5.02 Å². The molecule has 2 heterocycles. The standard InChI is InChI=1S/C22H16ClF2N5O/c1-13-10-15(6-8-17(13)24)30-21(19-4-2-3-9-26-19)20(28-29-30)22(31)27-12-14-5-7-18(25)16(23)11-14/h2-11H,12H2,1H3,(H,27,31). The number of benzene rings is 2. The molecule has 6 nitrogen and oxygen atoms in total. The molecule has 4 rings (SSSR count). The molecule has 1 amide bonds. The minimum Gasteiger partial charge on any atom is -0.346 e. The SMILES string of the molecule is Cc1cc(-n2nnc(C(=O)NCc3ccc(F)c(Cl)c3)c2-c2ccccn2)ccc1F. The summed E-state index contributed by atoms with van der Waals surface area (Å²) in [7, 11) is 0. The summed E-state index contributed by atoms with van der Waals surface area (Å²) in [5.41, 5.74) is 2.48. The van der Waals surface area contributed by atoms with Crippen LogP contribution in [0.25, 0.3) is 17.1 Å². The zero-order valence-corrected chi connectivity index (χ0v) is 17.1. The number of hydrogen-bond donors (Lipinski definition) is 1. The Bertz CT molecular complexity index is 1260. The fraction of sp³-hybridized carbons (Fsp3) is 0.0909. The third kappa shape index (κ3) is 4.29. The number of nitrogens with one attached hydrogen (secondary N) is 1. The molecule has 0 saturated heterocycles. The summed E-state index contributed by atoms with van der Waals surface area (Å²) in [6.07, 6.45) is 1.59. The maximum atomic E-state index is 13.7. The Hall–Kier alpha value is -3.65. The molecule has 0 aliphatic rings. The maximum absolute atomic E-state index is 13.7. The van der Waals surface area contributed by atoms with E-state index in [0.29, 0.717) is 28.2 Å². The number of aromatic nitrogens is 4. The molecule has 0 spiro atoms. The number of rotatable bonds is 5. The molecule has 0 bridgehead atoms. The summed E-state index contributed by atoms with van der Waals surface area (Å²) in [6, 6.07) is 13.9. The largest absolute Gasteiger partial charge is 0.346 e. The summed E-state index contributed by atoms with van der Waals surface area (Å²) < 4.78 is 28.5. The summed E-state index contributed by atoms with van der Waals surface area (Å²) in [4.78, 5) is 17.2. The van der Waals surface area contributed by atoms with E-state index in [9.17, 15) is 13.6 Å². The number of hydrogen-bond acceptors (Lipinski definition) is 4.